The van der Waals surface area contributed by atoms with Crippen LogP contribution in [0.15, 0.2) is 22.7 Å². The number of rotatable bonds is 1. The second-order valence-corrected chi connectivity index (χ2v) is 3.73. The maximum Gasteiger partial charge on any atom is 0.407 e. The molecule has 0 aliphatic carbocycles. The van der Waals surface area contributed by atoms with Crippen LogP contribution in [0.2, 0.25) is 0 Å². The number of ether oxygens (including phenoxy) is 1. The summed E-state index contributed by atoms with van der Waals surface area (Å²) in [5.41, 5.74) is 0.691. The van der Waals surface area contributed by atoms with Gasteiger partial charge in [0.25, 0.3) is 0 Å². The Morgan fingerprint density at radius 2 is 2.36 bits per heavy atom. The average molecular weight is 260 g/mol. The van der Waals surface area contributed by atoms with Crippen LogP contribution in [0.1, 0.15) is 11.6 Å². The van der Waals surface area contributed by atoms with Crippen molar-refractivity contribution in [1.82, 2.24) is 5.32 Å². The molecule has 1 heterocycles. The topological polar surface area (TPSA) is 38.3 Å². The van der Waals surface area contributed by atoms with E-state index in [4.69, 9.17) is 4.74 Å². The van der Waals surface area contributed by atoms with Gasteiger partial charge in [-0.2, -0.15) is 0 Å². The molecule has 2 rings (SSSR count). The maximum absolute atomic E-state index is 13.1. The van der Waals surface area contributed by atoms with Gasteiger partial charge < -0.3 is 10.1 Å². The van der Waals surface area contributed by atoms with Crippen molar-refractivity contribution in [2.24, 2.45) is 0 Å². The number of halogens is 2. The van der Waals surface area contributed by atoms with E-state index in [2.05, 4.69) is 21.2 Å². The zero-order valence-electron chi connectivity index (χ0n) is 7.09. The van der Waals surface area contributed by atoms with E-state index in [1.807, 2.05) is 0 Å². The summed E-state index contributed by atoms with van der Waals surface area (Å²) in [6.45, 7) is 0.237. The average Bonchev–Trinajstić information content (AvgIpc) is 2.57. The zero-order chi connectivity index (χ0) is 10.1. The first-order valence-electron chi connectivity index (χ1n) is 4.05. The molecule has 3 nitrogen and oxygen atoms in total. The maximum atomic E-state index is 13.1. The van der Waals surface area contributed by atoms with Gasteiger partial charge in [0.15, 0.2) is 0 Å². The summed E-state index contributed by atoms with van der Waals surface area (Å²) in [5, 5.41) is 2.58. The molecule has 1 aliphatic rings. The molecule has 1 atom stereocenters. The van der Waals surface area contributed by atoms with Crippen molar-refractivity contribution in [3.63, 3.8) is 0 Å². The van der Waals surface area contributed by atoms with Gasteiger partial charge in [0.1, 0.15) is 12.4 Å². The lowest BCUT2D eigenvalue weighted by Gasteiger charge is -2.09. The van der Waals surface area contributed by atoms with Crippen LogP contribution in [0, 0.1) is 5.82 Å². The SMILES string of the molecule is O=C1N[C@H](c2cccc(F)c2Br)CO1. The summed E-state index contributed by atoms with van der Waals surface area (Å²) in [7, 11) is 0. The van der Waals surface area contributed by atoms with Crippen molar-refractivity contribution in [3.05, 3.63) is 34.1 Å². The van der Waals surface area contributed by atoms with E-state index in [9.17, 15) is 9.18 Å². The zero-order valence-corrected chi connectivity index (χ0v) is 8.67. The van der Waals surface area contributed by atoms with Crippen molar-refractivity contribution in [2.45, 2.75) is 6.04 Å². The molecule has 1 saturated heterocycles. The number of carbonyl (C=O) groups excluding carboxylic acids is 1. The van der Waals surface area contributed by atoms with Gasteiger partial charge in [-0.05, 0) is 27.6 Å². The van der Waals surface area contributed by atoms with Crippen molar-refractivity contribution in [3.8, 4) is 0 Å². The van der Waals surface area contributed by atoms with Gasteiger partial charge in [0.2, 0.25) is 0 Å². The van der Waals surface area contributed by atoms with E-state index in [0.717, 1.165) is 0 Å². The van der Waals surface area contributed by atoms with Crippen LogP contribution in [0.4, 0.5) is 9.18 Å². The van der Waals surface area contributed by atoms with Crippen molar-refractivity contribution in [2.75, 3.05) is 6.61 Å². The normalized spacial score (nSPS) is 20.4. The van der Waals surface area contributed by atoms with Gasteiger partial charge in [-0.15, -0.1) is 0 Å². The molecule has 1 aromatic carbocycles. The molecule has 0 bridgehead atoms. The third-order valence-corrected chi connectivity index (χ3v) is 2.87. The molecule has 0 saturated carbocycles. The van der Waals surface area contributed by atoms with Crippen LogP contribution in [0.25, 0.3) is 0 Å². The monoisotopic (exact) mass is 259 g/mol. The molecule has 1 aromatic rings. The fraction of sp³-hybridized carbons (Fsp3) is 0.222. The number of carbonyl (C=O) groups is 1. The van der Waals surface area contributed by atoms with Gasteiger partial charge in [0.05, 0.1) is 10.5 Å². The highest BCUT2D eigenvalue weighted by molar-refractivity contribution is 9.10. The standard InChI is InChI=1S/C9H7BrFNO2/c10-8-5(2-1-3-6(8)11)7-4-14-9(13)12-7/h1-3,7H,4H2,(H,12,13)/t7-/m0/s1. The Morgan fingerprint density at radius 1 is 1.57 bits per heavy atom. The number of nitrogens with one attached hydrogen (secondary N) is 1. The van der Waals surface area contributed by atoms with Gasteiger partial charge in [-0.1, -0.05) is 12.1 Å². The molecule has 0 unspecified atom stereocenters. The summed E-state index contributed by atoms with van der Waals surface area (Å²) in [4.78, 5) is 10.8. The Balaban J connectivity index is 2.32. The molecule has 1 fully saturated rings. The predicted octanol–water partition coefficient (Wildman–Crippen LogP) is 2.37. The lowest BCUT2D eigenvalue weighted by Crippen LogP contribution is -2.18. The Morgan fingerprint density at radius 3 is 3.00 bits per heavy atom. The number of cyclic esters (lactones) is 1. The molecular formula is C9H7BrFNO2. The van der Waals surface area contributed by atoms with Gasteiger partial charge in [0, 0.05) is 0 Å². The summed E-state index contributed by atoms with van der Waals surface area (Å²) in [6, 6.07) is 4.42. The van der Waals surface area contributed by atoms with Crippen LogP contribution < -0.4 is 5.32 Å². The first kappa shape index (κ1) is 9.45. The lowest BCUT2D eigenvalue weighted by molar-refractivity contribution is 0.177. The molecule has 1 aliphatic heterocycles. The Hall–Kier alpha value is -1.10. The van der Waals surface area contributed by atoms with Gasteiger partial charge in [-0.25, -0.2) is 9.18 Å². The largest absolute Gasteiger partial charge is 0.447 e. The summed E-state index contributed by atoms with van der Waals surface area (Å²) < 4.78 is 18.2. The number of amides is 1. The molecule has 1 N–H and O–H groups in total. The molecule has 5 heteroatoms. The van der Waals surface area contributed by atoms with Crippen molar-refractivity contribution < 1.29 is 13.9 Å². The second-order valence-electron chi connectivity index (χ2n) is 2.94. The van der Waals surface area contributed by atoms with Crippen LogP contribution in [-0.4, -0.2) is 12.7 Å². The molecule has 0 radical (unpaired) electrons. The number of benzene rings is 1. The lowest BCUT2D eigenvalue weighted by atomic mass is 10.1. The minimum atomic E-state index is -0.467. The molecule has 14 heavy (non-hydrogen) atoms. The number of alkyl carbamates (subject to hydrolysis) is 1. The van der Waals surface area contributed by atoms with Crippen LogP contribution >= 0.6 is 15.9 Å². The third-order valence-electron chi connectivity index (χ3n) is 2.03. The van der Waals surface area contributed by atoms with E-state index in [1.54, 1.807) is 12.1 Å². The predicted molar refractivity (Wildman–Crippen MR) is 51.3 cm³/mol. The summed E-state index contributed by atoms with van der Waals surface area (Å²) >= 11 is 3.13. The van der Waals surface area contributed by atoms with E-state index < -0.39 is 6.09 Å². The molecule has 74 valence electrons. The van der Waals surface area contributed by atoms with Crippen LogP contribution in [0.5, 0.6) is 0 Å². The fourth-order valence-electron chi connectivity index (χ4n) is 1.34. The molecular weight excluding hydrogens is 253 g/mol. The Labute approximate surface area is 88.4 Å². The first-order valence-corrected chi connectivity index (χ1v) is 4.85. The third kappa shape index (κ3) is 1.59. The fourth-order valence-corrected chi connectivity index (χ4v) is 1.88. The van der Waals surface area contributed by atoms with E-state index in [0.29, 0.717) is 10.0 Å². The second kappa shape index (κ2) is 3.57. The first-order chi connectivity index (χ1) is 6.68. The van der Waals surface area contributed by atoms with Crippen molar-refractivity contribution in [1.29, 1.82) is 0 Å². The minimum absolute atomic E-state index is 0.237. The highest BCUT2D eigenvalue weighted by Crippen LogP contribution is 2.28. The number of hydrogen-bond donors (Lipinski definition) is 1. The van der Waals surface area contributed by atoms with Crippen LogP contribution in [0.3, 0.4) is 0 Å². The van der Waals surface area contributed by atoms with Gasteiger partial charge >= 0.3 is 6.09 Å². The highest BCUT2D eigenvalue weighted by Gasteiger charge is 2.26. The molecule has 0 aromatic heterocycles. The quantitative estimate of drug-likeness (QED) is 0.841. The van der Waals surface area contributed by atoms with E-state index in [1.165, 1.54) is 6.07 Å². The Kier molecular flexibility index (Phi) is 2.41. The van der Waals surface area contributed by atoms with Crippen LogP contribution in [-0.2, 0) is 4.74 Å². The van der Waals surface area contributed by atoms with E-state index >= 15 is 0 Å². The summed E-state index contributed by atoms with van der Waals surface area (Å²) in [5.74, 6) is -0.344. The minimum Gasteiger partial charge on any atom is -0.447 e. The smallest absolute Gasteiger partial charge is 0.407 e. The Bertz CT molecular complexity index is 383. The number of hydrogen-bond acceptors (Lipinski definition) is 2. The van der Waals surface area contributed by atoms with Crippen molar-refractivity contribution >= 4 is 22.0 Å². The van der Waals surface area contributed by atoms with E-state index in [-0.39, 0.29) is 18.5 Å². The summed E-state index contributed by atoms with van der Waals surface area (Å²) in [6.07, 6.45) is -0.467. The van der Waals surface area contributed by atoms with Gasteiger partial charge in [-0.3, -0.25) is 0 Å². The highest BCUT2D eigenvalue weighted by atomic mass is 79.9. The molecule has 1 amide bonds. The molecule has 0 spiro atoms.